The van der Waals surface area contributed by atoms with E-state index < -0.39 is 42.6 Å². The number of benzene rings is 2. The number of esters is 1. The van der Waals surface area contributed by atoms with Crippen LogP contribution in [0.4, 0.5) is 0 Å². The molecule has 1 amide bonds. The van der Waals surface area contributed by atoms with Gasteiger partial charge < -0.3 is 40.3 Å². The van der Waals surface area contributed by atoms with Gasteiger partial charge in [-0.1, -0.05) is 12.1 Å². The first-order valence-corrected chi connectivity index (χ1v) is 9.78. The Kier molecular flexibility index (Phi) is 6.82. The third-order valence-corrected chi connectivity index (χ3v) is 5.70. The number of methoxy groups -OCH3 is 1. The molecule has 2 aromatic carbocycles. The summed E-state index contributed by atoms with van der Waals surface area (Å²) in [7, 11) is 2.69. The number of aliphatic hydroxyl groups excluding tert-OH is 4. The van der Waals surface area contributed by atoms with Crippen molar-refractivity contribution in [2.45, 2.75) is 24.1 Å². The first-order valence-electron chi connectivity index (χ1n) is 9.78. The minimum atomic E-state index is -2.31. The lowest BCUT2D eigenvalue weighted by Gasteiger charge is -2.53. The predicted molar refractivity (Wildman–Crippen MR) is 111 cm³/mol. The van der Waals surface area contributed by atoms with E-state index in [-0.39, 0.29) is 17.2 Å². The maximum absolute atomic E-state index is 12.4. The van der Waals surface area contributed by atoms with Gasteiger partial charge in [-0.3, -0.25) is 4.79 Å². The van der Waals surface area contributed by atoms with E-state index in [0.29, 0.717) is 16.7 Å². The summed E-state index contributed by atoms with van der Waals surface area (Å²) in [5.41, 5.74) is -0.886. The van der Waals surface area contributed by atoms with Crippen molar-refractivity contribution in [2.24, 2.45) is 5.92 Å². The molecule has 1 aliphatic rings. The lowest BCUT2D eigenvalue weighted by molar-refractivity contribution is -0.332. The van der Waals surface area contributed by atoms with Crippen LogP contribution in [0.1, 0.15) is 20.7 Å². The van der Waals surface area contributed by atoms with E-state index in [1.165, 1.54) is 32.4 Å². The molecule has 172 valence electrons. The van der Waals surface area contributed by atoms with E-state index in [9.17, 15) is 35.1 Å². The average Bonchev–Trinajstić information content (AvgIpc) is 2.82. The Balaban J connectivity index is 1.94. The lowest BCUT2D eigenvalue weighted by Crippen LogP contribution is -2.76. The molecule has 0 heterocycles. The monoisotopic (exact) mass is 447 g/mol. The van der Waals surface area contributed by atoms with E-state index in [1.807, 2.05) is 0 Å². The summed E-state index contributed by atoms with van der Waals surface area (Å²) >= 11 is 0. The van der Waals surface area contributed by atoms with Gasteiger partial charge in [-0.15, -0.1) is 0 Å². The number of hydrogen-bond acceptors (Lipinski definition) is 9. The van der Waals surface area contributed by atoms with Gasteiger partial charge in [0.1, 0.15) is 11.9 Å². The van der Waals surface area contributed by atoms with Crippen LogP contribution in [0.25, 0.3) is 11.1 Å². The Morgan fingerprint density at radius 3 is 2.53 bits per heavy atom. The van der Waals surface area contributed by atoms with E-state index in [4.69, 9.17) is 9.47 Å². The van der Waals surface area contributed by atoms with Crippen molar-refractivity contribution in [1.29, 1.82) is 0 Å². The third-order valence-electron chi connectivity index (χ3n) is 5.70. The van der Waals surface area contributed by atoms with Gasteiger partial charge in [0.25, 0.3) is 5.91 Å². The molecule has 0 aromatic heterocycles. The minimum absolute atomic E-state index is 0.0391. The van der Waals surface area contributed by atoms with Crippen LogP contribution >= 0.6 is 0 Å². The zero-order valence-corrected chi connectivity index (χ0v) is 17.4. The summed E-state index contributed by atoms with van der Waals surface area (Å²) in [4.78, 5) is 24.3. The maximum Gasteiger partial charge on any atom is 0.338 e. The second-order valence-electron chi connectivity index (χ2n) is 7.44. The molecule has 3 rings (SSSR count). The van der Waals surface area contributed by atoms with Crippen molar-refractivity contribution in [1.82, 2.24) is 5.32 Å². The Labute approximate surface area is 183 Å². The molecule has 10 heteroatoms. The van der Waals surface area contributed by atoms with Gasteiger partial charge >= 0.3 is 5.97 Å². The molecule has 0 saturated heterocycles. The van der Waals surface area contributed by atoms with Crippen LogP contribution in [0.2, 0.25) is 0 Å². The van der Waals surface area contributed by atoms with Gasteiger partial charge in [0.2, 0.25) is 6.29 Å². The first kappa shape index (κ1) is 23.6. The van der Waals surface area contributed by atoms with Crippen molar-refractivity contribution in [3.63, 3.8) is 0 Å². The van der Waals surface area contributed by atoms with Gasteiger partial charge in [-0.05, 0) is 41.5 Å². The van der Waals surface area contributed by atoms with Crippen LogP contribution < -0.4 is 10.1 Å². The van der Waals surface area contributed by atoms with E-state index in [0.717, 1.165) is 0 Å². The quantitative estimate of drug-likeness (QED) is 0.237. The minimum Gasteiger partial charge on any atom is -0.465 e. The topological polar surface area (TPSA) is 166 Å². The molecule has 0 aliphatic heterocycles. The molecule has 1 fully saturated rings. The molecule has 6 N–H and O–H groups in total. The van der Waals surface area contributed by atoms with Crippen molar-refractivity contribution < 1.29 is 44.6 Å². The summed E-state index contributed by atoms with van der Waals surface area (Å²) < 4.78 is 10.2. The molecule has 5 atom stereocenters. The van der Waals surface area contributed by atoms with Crippen molar-refractivity contribution in [3.05, 3.63) is 53.6 Å². The third kappa shape index (κ3) is 3.94. The summed E-state index contributed by atoms with van der Waals surface area (Å²) in [6.45, 7) is -0.691. The number of rotatable bonds is 7. The first-order chi connectivity index (χ1) is 15.2. The molecule has 32 heavy (non-hydrogen) atoms. The number of carbonyl (C=O) groups excluding carboxylic acids is 2. The largest absolute Gasteiger partial charge is 0.465 e. The number of aliphatic hydroxyl groups is 5. The fourth-order valence-electron chi connectivity index (χ4n) is 3.77. The molecule has 1 saturated carbocycles. The highest BCUT2D eigenvalue weighted by Gasteiger charge is 2.65. The van der Waals surface area contributed by atoms with Gasteiger partial charge in [0.15, 0.2) is 5.60 Å². The molecule has 0 spiro atoms. The average molecular weight is 447 g/mol. The van der Waals surface area contributed by atoms with Gasteiger partial charge in [-0.2, -0.15) is 0 Å². The summed E-state index contributed by atoms with van der Waals surface area (Å²) in [5.74, 6) is -2.28. The van der Waals surface area contributed by atoms with Crippen LogP contribution in [0.5, 0.6) is 5.75 Å². The van der Waals surface area contributed by atoms with Gasteiger partial charge in [-0.25, -0.2) is 4.79 Å². The smallest absolute Gasteiger partial charge is 0.338 e. The number of ether oxygens (including phenoxy) is 2. The molecular formula is C22H25NO9. The number of carbonyl (C=O) groups is 2. The highest BCUT2D eigenvalue weighted by Crippen LogP contribution is 2.42. The van der Waals surface area contributed by atoms with Crippen molar-refractivity contribution in [3.8, 4) is 16.9 Å². The van der Waals surface area contributed by atoms with Gasteiger partial charge in [0.05, 0.1) is 25.4 Å². The lowest BCUT2D eigenvalue weighted by atomic mass is 9.64. The van der Waals surface area contributed by atoms with Gasteiger partial charge in [0, 0.05) is 18.5 Å². The molecule has 0 bridgehead atoms. The van der Waals surface area contributed by atoms with E-state index >= 15 is 0 Å². The summed E-state index contributed by atoms with van der Waals surface area (Å²) in [6, 6.07) is 10.8. The SMILES string of the molecule is CNC(=O)c1cccc(-c2ccc(OC(O)C3(O)C(O)C(O)C3CO)cc2C(=O)OC)c1. The molecule has 0 radical (unpaired) electrons. The fourth-order valence-corrected chi connectivity index (χ4v) is 3.77. The number of hydrogen-bond donors (Lipinski definition) is 6. The van der Waals surface area contributed by atoms with E-state index in [2.05, 4.69) is 5.32 Å². The number of amides is 1. The summed E-state index contributed by atoms with van der Waals surface area (Å²) in [5, 5.41) is 52.3. The Hall–Kier alpha value is -3.02. The highest BCUT2D eigenvalue weighted by molar-refractivity contribution is 5.99. The molecule has 10 nitrogen and oxygen atoms in total. The molecule has 2 aromatic rings. The second kappa shape index (κ2) is 9.23. The zero-order valence-electron chi connectivity index (χ0n) is 17.4. The summed E-state index contributed by atoms with van der Waals surface area (Å²) in [6.07, 6.45) is -5.17. The van der Waals surface area contributed by atoms with E-state index in [1.54, 1.807) is 24.3 Å². The zero-order chi connectivity index (χ0) is 23.6. The number of nitrogens with one attached hydrogen (secondary N) is 1. The van der Waals surface area contributed by atoms with Crippen LogP contribution in [0.15, 0.2) is 42.5 Å². The second-order valence-corrected chi connectivity index (χ2v) is 7.44. The standard InChI is InChI=1S/C22H25NO9/c1-23-19(27)12-5-3-4-11(8-12)14-7-6-13(9-15(14)20(28)31-2)32-21(29)22(30)16(10-24)17(25)18(22)26/h3-9,16-18,21,24-26,29-30H,10H2,1-2H3,(H,23,27). The molecule has 1 aliphatic carbocycles. The van der Waals surface area contributed by atoms with Crippen LogP contribution in [-0.4, -0.2) is 82.3 Å². The normalized spacial score (nSPS) is 25.4. The predicted octanol–water partition coefficient (Wildman–Crippen LogP) is -0.728. The fraction of sp³-hybridized carbons (Fsp3) is 0.364. The Bertz CT molecular complexity index is 1010. The highest BCUT2D eigenvalue weighted by atomic mass is 16.6. The molecule has 5 unspecified atom stereocenters. The maximum atomic E-state index is 12.4. The Morgan fingerprint density at radius 2 is 1.91 bits per heavy atom. The van der Waals surface area contributed by atoms with Crippen molar-refractivity contribution >= 4 is 11.9 Å². The molecular weight excluding hydrogens is 422 g/mol. The van der Waals surface area contributed by atoms with Crippen LogP contribution in [0, 0.1) is 5.92 Å². The van der Waals surface area contributed by atoms with Crippen LogP contribution in [-0.2, 0) is 4.74 Å². The van der Waals surface area contributed by atoms with Crippen LogP contribution in [0.3, 0.4) is 0 Å². The van der Waals surface area contributed by atoms with Crippen molar-refractivity contribution in [2.75, 3.05) is 20.8 Å². The Morgan fingerprint density at radius 1 is 1.19 bits per heavy atom.